The van der Waals surface area contributed by atoms with Gasteiger partial charge in [0, 0.05) is 12.6 Å². The van der Waals surface area contributed by atoms with Crippen LogP contribution < -0.4 is 5.32 Å². The molecule has 4 amide bonds. The molecule has 0 aromatic heterocycles. The summed E-state index contributed by atoms with van der Waals surface area (Å²) in [6, 6.07) is -1.01. The molecule has 8 heteroatoms. The van der Waals surface area contributed by atoms with E-state index in [1.165, 1.54) is 6.21 Å². The highest BCUT2D eigenvalue weighted by Crippen LogP contribution is 2.22. The normalized spacial score (nSPS) is 26.1. The number of hydrogen-bond acceptors (Lipinski definition) is 6. The summed E-state index contributed by atoms with van der Waals surface area (Å²) in [5.41, 5.74) is -0.289. The second-order valence-electron chi connectivity index (χ2n) is 4.25. The number of rotatable bonds is 2. The van der Waals surface area contributed by atoms with Gasteiger partial charge in [0.15, 0.2) is 5.71 Å². The smallest absolute Gasteiger partial charge is 0.282 e. The van der Waals surface area contributed by atoms with Gasteiger partial charge in [-0.1, -0.05) is 6.58 Å². The van der Waals surface area contributed by atoms with E-state index in [1.54, 1.807) is 6.92 Å². The molecule has 1 atom stereocenters. The number of imide groups is 2. The van der Waals surface area contributed by atoms with Crippen LogP contribution in [0.4, 0.5) is 0 Å². The van der Waals surface area contributed by atoms with E-state index in [0.29, 0.717) is 0 Å². The van der Waals surface area contributed by atoms with Crippen molar-refractivity contribution in [3.05, 3.63) is 12.2 Å². The van der Waals surface area contributed by atoms with Crippen LogP contribution in [0.1, 0.15) is 19.8 Å². The molecule has 0 bridgehead atoms. The van der Waals surface area contributed by atoms with Crippen LogP contribution in [-0.4, -0.2) is 46.5 Å². The zero-order valence-corrected chi connectivity index (χ0v) is 10.8. The highest BCUT2D eigenvalue weighted by atomic mass is 16.2. The van der Waals surface area contributed by atoms with Gasteiger partial charge in [-0.05, 0) is 13.3 Å². The zero-order valence-electron chi connectivity index (χ0n) is 10.8. The Balaban J connectivity index is 2.31. The van der Waals surface area contributed by atoms with Crippen molar-refractivity contribution in [2.75, 3.05) is 0 Å². The molecule has 8 nitrogen and oxygen atoms in total. The van der Waals surface area contributed by atoms with Crippen LogP contribution >= 0.6 is 0 Å². The molecule has 0 saturated carbocycles. The molecule has 0 aliphatic carbocycles. The monoisotopic (exact) mass is 276 g/mol. The minimum atomic E-state index is -1.01. The second-order valence-corrected chi connectivity index (χ2v) is 4.25. The Morgan fingerprint density at radius 3 is 2.60 bits per heavy atom. The molecule has 0 spiro atoms. The molecule has 1 unspecified atom stereocenters. The van der Waals surface area contributed by atoms with Crippen molar-refractivity contribution in [1.29, 1.82) is 0 Å². The lowest BCUT2D eigenvalue weighted by Crippen LogP contribution is -2.54. The summed E-state index contributed by atoms with van der Waals surface area (Å²) in [5.74, 6) is -2.50. The quantitative estimate of drug-likeness (QED) is 0.307. The highest BCUT2D eigenvalue weighted by Gasteiger charge is 2.47. The fourth-order valence-corrected chi connectivity index (χ4v) is 2.01. The first-order valence-corrected chi connectivity index (χ1v) is 5.94. The molecule has 2 rings (SSSR count). The molecule has 2 aliphatic rings. The Kier molecular flexibility index (Phi) is 3.55. The second kappa shape index (κ2) is 5.16. The average Bonchev–Trinajstić information content (AvgIpc) is 2.60. The number of nitrogens with one attached hydrogen (secondary N) is 1. The van der Waals surface area contributed by atoms with Crippen LogP contribution in [0.5, 0.6) is 0 Å². The molecule has 2 aliphatic heterocycles. The van der Waals surface area contributed by atoms with Crippen LogP contribution in [-0.2, 0) is 19.2 Å². The van der Waals surface area contributed by atoms with Gasteiger partial charge in [-0.3, -0.25) is 29.4 Å². The Morgan fingerprint density at radius 1 is 1.30 bits per heavy atom. The third kappa shape index (κ3) is 2.15. The van der Waals surface area contributed by atoms with Gasteiger partial charge in [-0.25, -0.2) is 0 Å². The van der Waals surface area contributed by atoms with E-state index in [9.17, 15) is 19.2 Å². The number of hydrogen-bond donors (Lipinski definition) is 1. The summed E-state index contributed by atoms with van der Waals surface area (Å²) >= 11 is 0. The summed E-state index contributed by atoms with van der Waals surface area (Å²) in [7, 11) is 0. The highest BCUT2D eigenvalue weighted by molar-refractivity contribution is 6.58. The molecule has 0 aromatic carbocycles. The number of nitrogens with zero attached hydrogens (tertiary/aromatic N) is 3. The van der Waals surface area contributed by atoms with Crippen LogP contribution in [0.2, 0.25) is 0 Å². The number of likely N-dealkylation sites (tertiary alicyclic amines) is 1. The first kappa shape index (κ1) is 13.8. The van der Waals surface area contributed by atoms with Crippen molar-refractivity contribution >= 4 is 35.6 Å². The number of piperidine rings is 1. The Bertz CT molecular complexity index is 590. The molecule has 2 fully saturated rings. The topological polar surface area (TPSA) is 108 Å². The lowest BCUT2D eigenvalue weighted by molar-refractivity contribution is -0.148. The van der Waals surface area contributed by atoms with Crippen LogP contribution in [0, 0.1) is 0 Å². The molecular formula is C12H12N4O4. The van der Waals surface area contributed by atoms with E-state index in [0.717, 1.165) is 4.90 Å². The average molecular weight is 276 g/mol. The molecule has 20 heavy (non-hydrogen) atoms. The van der Waals surface area contributed by atoms with E-state index < -0.39 is 29.7 Å². The van der Waals surface area contributed by atoms with Crippen molar-refractivity contribution in [2.24, 2.45) is 10.2 Å². The molecule has 2 saturated heterocycles. The van der Waals surface area contributed by atoms with E-state index in [1.807, 2.05) is 0 Å². The molecule has 2 heterocycles. The van der Waals surface area contributed by atoms with Gasteiger partial charge >= 0.3 is 0 Å². The first-order chi connectivity index (χ1) is 9.47. The summed E-state index contributed by atoms with van der Waals surface area (Å²) in [4.78, 5) is 47.8. The Hall–Kier alpha value is -2.64. The van der Waals surface area contributed by atoms with E-state index in [-0.39, 0.29) is 24.1 Å². The van der Waals surface area contributed by atoms with Gasteiger partial charge in [-0.15, -0.1) is 5.10 Å². The maximum absolute atomic E-state index is 12.1. The standard InChI is InChI=1S/C12H12N4O4/c1-3-13-15-9-6(2)11(19)16(12(9)20)7-4-5-8(17)14-10(7)18/h3,7H,2,4-5H2,1H3,(H,14,17,18)/b13-3-,15-9+. The summed E-state index contributed by atoms with van der Waals surface area (Å²) in [5, 5.41) is 9.26. The van der Waals surface area contributed by atoms with Crippen LogP contribution in [0.15, 0.2) is 22.4 Å². The number of amides is 4. The van der Waals surface area contributed by atoms with Gasteiger partial charge in [-0.2, -0.15) is 5.10 Å². The van der Waals surface area contributed by atoms with Gasteiger partial charge in [0.1, 0.15) is 6.04 Å². The van der Waals surface area contributed by atoms with Crippen LogP contribution in [0.3, 0.4) is 0 Å². The zero-order chi connectivity index (χ0) is 14.9. The van der Waals surface area contributed by atoms with Crippen molar-refractivity contribution in [2.45, 2.75) is 25.8 Å². The molecule has 0 aromatic rings. The minimum Gasteiger partial charge on any atom is -0.295 e. The predicted molar refractivity (Wildman–Crippen MR) is 68.8 cm³/mol. The van der Waals surface area contributed by atoms with Crippen LogP contribution in [0.25, 0.3) is 0 Å². The maximum Gasteiger partial charge on any atom is 0.282 e. The lowest BCUT2D eigenvalue weighted by Gasteiger charge is -2.27. The van der Waals surface area contributed by atoms with E-state index >= 15 is 0 Å². The number of carbonyl (C=O) groups excluding carboxylic acids is 4. The third-order valence-corrected chi connectivity index (χ3v) is 2.98. The van der Waals surface area contributed by atoms with Crippen molar-refractivity contribution in [1.82, 2.24) is 10.2 Å². The maximum atomic E-state index is 12.1. The largest absolute Gasteiger partial charge is 0.295 e. The van der Waals surface area contributed by atoms with E-state index in [2.05, 4.69) is 22.1 Å². The molecular weight excluding hydrogens is 264 g/mol. The minimum absolute atomic E-state index is 0.0690. The van der Waals surface area contributed by atoms with Crippen molar-refractivity contribution in [3.63, 3.8) is 0 Å². The fraction of sp³-hybridized carbons (Fsp3) is 0.333. The van der Waals surface area contributed by atoms with Crippen molar-refractivity contribution in [3.8, 4) is 0 Å². The Labute approximate surface area is 114 Å². The predicted octanol–water partition coefficient (Wildman–Crippen LogP) is -0.837. The molecule has 104 valence electrons. The SMILES string of the molecule is C=C1C(=O)N(C2CCC(=O)NC2=O)C(=O)/C1=N/N=C\C. The van der Waals surface area contributed by atoms with Gasteiger partial charge in [0.25, 0.3) is 11.8 Å². The van der Waals surface area contributed by atoms with Crippen molar-refractivity contribution < 1.29 is 19.2 Å². The Morgan fingerprint density at radius 2 is 2.00 bits per heavy atom. The molecule has 1 N–H and O–H groups in total. The van der Waals surface area contributed by atoms with Gasteiger partial charge < -0.3 is 0 Å². The fourth-order valence-electron chi connectivity index (χ4n) is 2.01. The summed E-state index contributed by atoms with van der Waals surface area (Å²) < 4.78 is 0. The lowest BCUT2D eigenvalue weighted by atomic mass is 10.0. The van der Waals surface area contributed by atoms with Gasteiger partial charge in [0.2, 0.25) is 11.8 Å². The summed E-state index contributed by atoms with van der Waals surface area (Å²) in [6.07, 6.45) is 1.52. The summed E-state index contributed by atoms with van der Waals surface area (Å²) in [6.45, 7) is 5.09. The van der Waals surface area contributed by atoms with Gasteiger partial charge in [0.05, 0.1) is 5.57 Å². The number of carbonyl (C=O) groups is 4. The molecule has 0 radical (unpaired) electrons. The van der Waals surface area contributed by atoms with E-state index in [4.69, 9.17) is 0 Å². The first-order valence-electron chi connectivity index (χ1n) is 5.94. The third-order valence-electron chi connectivity index (χ3n) is 2.98.